The van der Waals surface area contributed by atoms with Crippen LogP contribution in [0.25, 0.3) is 22.6 Å². The van der Waals surface area contributed by atoms with Crippen LogP contribution in [0.15, 0.2) is 46.9 Å². The van der Waals surface area contributed by atoms with Crippen LogP contribution in [0.5, 0.6) is 0 Å². The van der Waals surface area contributed by atoms with E-state index in [-0.39, 0.29) is 11.0 Å². The predicted molar refractivity (Wildman–Crippen MR) is 108 cm³/mol. The van der Waals surface area contributed by atoms with E-state index in [1.807, 2.05) is 70.2 Å². The van der Waals surface area contributed by atoms with E-state index in [4.69, 9.17) is 16.6 Å². The number of nitrogens with one attached hydrogen (secondary N) is 2. The molecule has 2 N–H and O–H groups in total. The number of nitrogens with zero attached hydrogens (tertiary/aromatic N) is 1. The lowest BCUT2D eigenvalue weighted by atomic mass is 9.96. The molecule has 0 spiro atoms. The standard InChI is InChI=1S/C20H21N3O2S/c1-12-8-9-15-16(10-12)25-17(22-15)13-6-5-7-14(11-13)21-19(26)23-18(24)20(2,3)4/h5-11H,1-4H3,(H2,21,23,24,26). The van der Waals surface area contributed by atoms with Crippen LogP contribution in [0.3, 0.4) is 0 Å². The van der Waals surface area contributed by atoms with E-state index in [0.29, 0.717) is 5.89 Å². The Labute approximate surface area is 157 Å². The van der Waals surface area contributed by atoms with Crippen LogP contribution in [0.2, 0.25) is 0 Å². The number of anilines is 1. The number of rotatable bonds is 2. The molecule has 0 aliphatic rings. The molecular weight excluding hydrogens is 346 g/mol. The second-order valence-corrected chi connectivity index (χ2v) is 7.64. The Morgan fingerprint density at radius 3 is 2.65 bits per heavy atom. The first-order valence-corrected chi connectivity index (χ1v) is 8.73. The molecule has 0 atom stereocenters. The number of aryl methyl sites for hydroxylation is 1. The van der Waals surface area contributed by atoms with E-state index >= 15 is 0 Å². The van der Waals surface area contributed by atoms with E-state index < -0.39 is 5.41 Å². The number of carbonyl (C=O) groups is 1. The lowest BCUT2D eigenvalue weighted by Gasteiger charge is -2.18. The number of oxazole rings is 1. The first-order chi connectivity index (χ1) is 12.2. The van der Waals surface area contributed by atoms with Crippen molar-refractivity contribution in [1.82, 2.24) is 10.3 Å². The van der Waals surface area contributed by atoms with Crippen molar-refractivity contribution in [3.63, 3.8) is 0 Å². The zero-order chi connectivity index (χ0) is 18.9. The molecule has 5 nitrogen and oxygen atoms in total. The molecule has 134 valence electrons. The Balaban J connectivity index is 1.79. The molecule has 2 aromatic carbocycles. The zero-order valence-corrected chi connectivity index (χ0v) is 16.0. The summed E-state index contributed by atoms with van der Waals surface area (Å²) >= 11 is 5.23. The summed E-state index contributed by atoms with van der Waals surface area (Å²) < 4.78 is 5.86. The van der Waals surface area contributed by atoms with Gasteiger partial charge in [-0.05, 0) is 55.0 Å². The van der Waals surface area contributed by atoms with Crippen LogP contribution < -0.4 is 10.6 Å². The van der Waals surface area contributed by atoms with Gasteiger partial charge in [0.15, 0.2) is 10.7 Å². The van der Waals surface area contributed by atoms with Gasteiger partial charge in [0.25, 0.3) is 0 Å². The lowest BCUT2D eigenvalue weighted by Crippen LogP contribution is -2.41. The zero-order valence-electron chi connectivity index (χ0n) is 15.2. The molecule has 6 heteroatoms. The van der Waals surface area contributed by atoms with Gasteiger partial charge < -0.3 is 15.1 Å². The highest BCUT2D eigenvalue weighted by Crippen LogP contribution is 2.26. The molecule has 26 heavy (non-hydrogen) atoms. The molecule has 3 rings (SSSR count). The Kier molecular flexibility index (Phi) is 4.78. The first kappa shape index (κ1) is 18.1. The minimum atomic E-state index is -0.510. The molecule has 0 aliphatic heterocycles. The molecule has 0 saturated carbocycles. The van der Waals surface area contributed by atoms with Crippen molar-refractivity contribution in [3.8, 4) is 11.5 Å². The number of fused-ring (bicyclic) bond motifs is 1. The summed E-state index contributed by atoms with van der Waals surface area (Å²) in [5, 5.41) is 5.99. The van der Waals surface area contributed by atoms with E-state index in [1.54, 1.807) is 0 Å². The normalized spacial score (nSPS) is 11.4. The predicted octanol–water partition coefficient (Wildman–Crippen LogP) is 4.66. The summed E-state index contributed by atoms with van der Waals surface area (Å²) in [6.07, 6.45) is 0. The number of amides is 1. The van der Waals surface area contributed by atoms with Crippen LogP contribution in [0.4, 0.5) is 5.69 Å². The van der Waals surface area contributed by atoms with Crippen molar-refractivity contribution < 1.29 is 9.21 Å². The monoisotopic (exact) mass is 367 g/mol. The van der Waals surface area contributed by atoms with Gasteiger partial charge in [-0.2, -0.15) is 0 Å². The molecule has 1 aromatic heterocycles. The molecule has 1 amide bonds. The summed E-state index contributed by atoms with van der Waals surface area (Å²) in [5.74, 6) is 0.402. The number of thiocarbonyl (C=S) groups is 1. The van der Waals surface area contributed by atoms with Crippen molar-refractivity contribution >= 4 is 40.0 Å². The number of hydrogen-bond acceptors (Lipinski definition) is 4. The second-order valence-electron chi connectivity index (χ2n) is 7.23. The summed E-state index contributed by atoms with van der Waals surface area (Å²) in [7, 11) is 0. The molecule has 0 unspecified atom stereocenters. The molecular formula is C20H21N3O2S. The van der Waals surface area contributed by atoms with E-state index in [9.17, 15) is 4.79 Å². The largest absolute Gasteiger partial charge is 0.436 e. The van der Waals surface area contributed by atoms with Gasteiger partial charge in [0, 0.05) is 16.7 Å². The molecule has 0 radical (unpaired) electrons. The molecule has 1 heterocycles. The topological polar surface area (TPSA) is 67.2 Å². The Bertz CT molecular complexity index is 986. The van der Waals surface area contributed by atoms with Gasteiger partial charge in [-0.25, -0.2) is 4.98 Å². The summed E-state index contributed by atoms with van der Waals surface area (Å²) in [5.41, 5.74) is 3.76. The van der Waals surface area contributed by atoms with E-state index in [1.165, 1.54) is 0 Å². The maximum atomic E-state index is 12.0. The van der Waals surface area contributed by atoms with Crippen molar-refractivity contribution in [2.24, 2.45) is 5.41 Å². The SMILES string of the molecule is Cc1ccc2nc(-c3cccc(NC(=S)NC(=O)C(C)(C)C)c3)oc2c1. The third-order valence-corrected chi connectivity index (χ3v) is 4.02. The van der Waals surface area contributed by atoms with Crippen LogP contribution in [-0.4, -0.2) is 16.0 Å². The van der Waals surface area contributed by atoms with Crippen molar-refractivity contribution in [2.75, 3.05) is 5.32 Å². The van der Waals surface area contributed by atoms with Gasteiger partial charge in [-0.3, -0.25) is 4.79 Å². The average molecular weight is 367 g/mol. The second kappa shape index (κ2) is 6.88. The maximum absolute atomic E-state index is 12.0. The van der Waals surface area contributed by atoms with Gasteiger partial charge in [0.05, 0.1) is 0 Å². The number of hydrogen-bond donors (Lipinski definition) is 2. The number of aromatic nitrogens is 1. The Morgan fingerprint density at radius 2 is 1.92 bits per heavy atom. The number of carbonyl (C=O) groups excluding carboxylic acids is 1. The van der Waals surface area contributed by atoms with Gasteiger partial charge in [-0.1, -0.05) is 32.9 Å². The van der Waals surface area contributed by atoms with Crippen LogP contribution in [0.1, 0.15) is 26.3 Å². The molecule has 0 bridgehead atoms. The van der Waals surface area contributed by atoms with E-state index in [0.717, 1.165) is 27.9 Å². The highest BCUT2D eigenvalue weighted by atomic mass is 32.1. The van der Waals surface area contributed by atoms with Crippen molar-refractivity contribution in [2.45, 2.75) is 27.7 Å². The molecule has 0 saturated heterocycles. The average Bonchev–Trinajstić information content (AvgIpc) is 2.97. The van der Waals surface area contributed by atoms with Crippen LogP contribution >= 0.6 is 12.2 Å². The summed E-state index contributed by atoms with van der Waals surface area (Å²) in [6, 6.07) is 13.5. The molecule has 0 fully saturated rings. The quantitative estimate of drug-likeness (QED) is 0.645. The van der Waals surface area contributed by atoms with Gasteiger partial charge in [0.2, 0.25) is 11.8 Å². The fourth-order valence-electron chi connectivity index (χ4n) is 2.34. The number of benzene rings is 2. The van der Waals surface area contributed by atoms with E-state index in [2.05, 4.69) is 15.6 Å². The highest BCUT2D eigenvalue weighted by molar-refractivity contribution is 7.80. The maximum Gasteiger partial charge on any atom is 0.231 e. The fourth-order valence-corrected chi connectivity index (χ4v) is 2.55. The summed E-state index contributed by atoms with van der Waals surface area (Å²) in [4.78, 5) is 16.5. The Hall–Kier alpha value is -2.73. The highest BCUT2D eigenvalue weighted by Gasteiger charge is 2.22. The van der Waals surface area contributed by atoms with Gasteiger partial charge >= 0.3 is 0 Å². The van der Waals surface area contributed by atoms with Crippen molar-refractivity contribution in [1.29, 1.82) is 0 Å². The minimum Gasteiger partial charge on any atom is -0.436 e. The molecule has 0 aliphatic carbocycles. The van der Waals surface area contributed by atoms with Crippen molar-refractivity contribution in [3.05, 3.63) is 48.0 Å². The Morgan fingerprint density at radius 1 is 1.15 bits per heavy atom. The van der Waals surface area contributed by atoms with Crippen LogP contribution in [-0.2, 0) is 4.79 Å². The third-order valence-electron chi connectivity index (χ3n) is 3.82. The molecule has 3 aromatic rings. The van der Waals surface area contributed by atoms with Gasteiger partial charge in [0.1, 0.15) is 5.52 Å². The smallest absolute Gasteiger partial charge is 0.231 e. The third kappa shape index (κ3) is 4.08. The first-order valence-electron chi connectivity index (χ1n) is 8.32. The fraction of sp³-hybridized carbons (Fsp3) is 0.250. The lowest BCUT2D eigenvalue weighted by molar-refractivity contribution is -0.126. The summed E-state index contributed by atoms with van der Waals surface area (Å²) in [6.45, 7) is 7.51. The minimum absolute atomic E-state index is 0.138. The van der Waals surface area contributed by atoms with Crippen LogP contribution in [0, 0.1) is 12.3 Å². The van der Waals surface area contributed by atoms with Gasteiger partial charge in [-0.15, -0.1) is 0 Å².